The Morgan fingerprint density at radius 2 is 1.79 bits per heavy atom. The summed E-state index contributed by atoms with van der Waals surface area (Å²) in [5.74, 6) is 0.329. The molecule has 0 aromatic heterocycles. The molecule has 2 aliphatic carbocycles. The van der Waals surface area contributed by atoms with Crippen molar-refractivity contribution in [2.45, 2.75) is 85.5 Å². The van der Waals surface area contributed by atoms with E-state index in [2.05, 4.69) is 19.1 Å². The van der Waals surface area contributed by atoms with E-state index in [-0.39, 0.29) is 41.5 Å². The molecule has 4 nitrogen and oxygen atoms in total. The minimum atomic E-state index is -0.140. The molecule has 0 heterocycles. The molecule has 0 saturated carbocycles. The summed E-state index contributed by atoms with van der Waals surface area (Å²) in [4.78, 5) is 49.7. The number of aryl methyl sites for hydroxylation is 1. The summed E-state index contributed by atoms with van der Waals surface area (Å²) >= 11 is 0. The number of Topliss-reactive ketones (excluding diaryl/α,β-unsaturated/α-hetero) is 3. The van der Waals surface area contributed by atoms with Crippen LogP contribution >= 0.6 is 0 Å². The number of ketones is 3. The molecule has 0 bridgehead atoms. The first-order chi connectivity index (χ1) is 18.3. The van der Waals surface area contributed by atoms with Crippen LogP contribution < -0.4 is 0 Å². The monoisotopic (exact) mass is 514 g/mol. The van der Waals surface area contributed by atoms with Gasteiger partial charge in [0, 0.05) is 17.9 Å². The van der Waals surface area contributed by atoms with E-state index in [1.165, 1.54) is 6.92 Å². The number of fused-ring (bicyclic) bond motifs is 1. The highest BCUT2D eigenvalue weighted by atomic mass is 16.1. The first-order valence-corrected chi connectivity index (χ1v) is 14.1. The SMILES string of the molecule is CCCC(CC1CC(=O)c2c(C)ccc(/C3=C/C=C(/C=O)C/C=C\C=C/C3)c2C1)C(CC)C(=O)CC(C)=O. The van der Waals surface area contributed by atoms with Gasteiger partial charge in [-0.05, 0) is 85.6 Å². The second-order valence-corrected chi connectivity index (χ2v) is 10.9. The van der Waals surface area contributed by atoms with E-state index in [0.29, 0.717) is 24.8 Å². The van der Waals surface area contributed by atoms with Gasteiger partial charge >= 0.3 is 0 Å². The third-order valence-electron chi connectivity index (χ3n) is 7.98. The van der Waals surface area contributed by atoms with Crippen molar-refractivity contribution >= 4 is 29.2 Å². The Labute approximate surface area is 228 Å². The Kier molecular flexibility index (Phi) is 10.9. The van der Waals surface area contributed by atoms with Gasteiger partial charge in [0.25, 0.3) is 0 Å². The van der Waals surface area contributed by atoms with E-state index < -0.39 is 0 Å². The van der Waals surface area contributed by atoms with Crippen LogP contribution in [-0.4, -0.2) is 23.6 Å². The standard InChI is InChI=1S/C34H42O4/c1-5-11-28(29(6-2)32(37)18-24(4)36)19-26-20-31-30(17-14-23(3)34(31)33(38)21-26)27-13-10-8-7-9-12-25(22-35)15-16-27/h7-10,14-17,22,26,28-29H,5-6,11-13,18-21H2,1-4H3/b9-7-,10-8-,25-15+,27-16+. The highest BCUT2D eigenvalue weighted by molar-refractivity contribution is 6.01. The Balaban J connectivity index is 1.97. The summed E-state index contributed by atoms with van der Waals surface area (Å²) < 4.78 is 0. The first kappa shape index (κ1) is 29.4. The zero-order chi connectivity index (χ0) is 27.7. The zero-order valence-electron chi connectivity index (χ0n) is 23.4. The average Bonchev–Trinajstić information content (AvgIpc) is 2.87. The first-order valence-electron chi connectivity index (χ1n) is 14.1. The third-order valence-corrected chi connectivity index (χ3v) is 7.98. The van der Waals surface area contributed by atoms with Crippen LogP contribution in [0.1, 0.15) is 99.2 Å². The van der Waals surface area contributed by atoms with Gasteiger partial charge in [-0.3, -0.25) is 19.2 Å². The summed E-state index contributed by atoms with van der Waals surface area (Å²) in [6, 6.07) is 4.15. The minimum Gasteiger partial charge on any atom is -0.300 e. The number of carbonyl (C=O) groups is 4. The van der Waals surface area contributed by atoms with Gasteiger partial charge < -0.3 is 0 Å². The van der Waals surface area contributed by atoms with Crippen LogP contribution in [-0.2, 0) is 20.8 Å². The maximum absolute atomic E-state index is 13.5. The molecule has 0 spiro atoms. The van der Waals surface area contributed by atoms with Crippen LogP contribution in [0.3, 0.4) is 0 Å². The van der Waals surface area contributed by atoms with Crippen molar-refractivity contribution in [2.75, 3.05) is 0 Å². The van der Waals surface area contributed by atoms with Crippen LogP contribution in [0.15, 0.2) is 54.2 Å². The maximum atomic E-state index is 13.5. The van der Waals surface area contributed by atoms with Crippen LogP contribution in [0.2, 0.25) is 0 Å². The van der Waals surface area contributed by atoms with Crippen molar-refractivity contribution in [1.82, 2.24) is 0 Å². The smallest absolute Gasteiger partial charge is 0.163 e. The molecule has 0 saturated heterocycles. The number of hydrogen-bond acceptors (Lipinski definition) is 4. The van der Waals surface area contributed by atoms with E-state index in [4.69, 9.17) is 0 Å². The van der Waals surface area contributed by atoms with E-state index >= 15 is 0 Å². The lowest BCUT2D eigenvalue weighted by Crippen LogP contribution is -2.30. The largest absolute Gasteiger partial charge is 0.300 e. The van der Waals surface area contributed by atoms with Crippen LogP contribution in [0, 0.1) is 24.7 Å². The lowest BCUT2D eigenvalue weighted by atomic mass is 9.71. The molecule has 1 aromatic rings. The number of rotatable bonds is 11. The van der Waals surface area contributed by atoms with Gasteiger partial charge in [0.1, 0.15) is 17.9 Å². The Bertz CT molecular complexity index is 1180. The molecule has 202 valence electrons. The normalized spacial score (nSPS) is 23.6. The molecular formula is C34H42O4. The van der Waals surface area contributed by atoms with Crippen LogP contribution in [0.4, 0.5) is 0 Å². The predicted octanol–water partition coefficient (Wildman–Crippen LogP) is 7.54. The van der Waals surface area contributed by atoms with Gasteiger partial charge in [0.05, 0.1) is 6.42 Å². The lowest BCUT2D eigenvalue weighted by molar-refractivity contribution is -0.130. The third kappa shape index (κ3) is 7.46. The van der Waals surface area contributed by atoms with Gasteiger partial charge in [0.2, 0.25) is 0 Å². The number of aldehydes is 1. The van der Waals surface area contributed by atoms with E-state index in [9.17, 15) is 19.2 Å². The average molecular weight is 515 g/mol. The molecule has 2 aliphatic rings. The summed E-state index contributed by atoms with van der Waals surface area (Å²) in [5, 5.41) is 0. The van der Waals surface area contributed by atoms with E-state index in [0.717, 1.165) is 66.2 Å². The number of benzene rings is 1. The fraction of sp³-hybridized carbons (Fsp3) is 0.471. The molecule has 0 aliphatic heterocycles. The predicted molar refractivity (Wildman–Crippen MR) is 154 cm³/mol. The number of hydrogen-bond donors (Lipinski definition) is 0. The van der Waals surface area contributed by atoms with Crippen molar-refractivity contribution in [3.63, 3.8) is 0 Å². The Hall–Kier alpha value is -3.14. The molecule has 0 fully saturated rings. The van der Waals surface area contributed by atoms with E-state index in [1.807, 2.05) is 50.3 Å². The quantitative estimate of drug-likeness (QED) is 0.226. The highest BCUT2D eigenvalue weighted by Gasteiger charge is 2.34. The summed E-state index contributed by atoms with van der Waals surface area (Å²) in [6.45, 7) is 7.65. The van der Waals surface area contributed by atoms with Crippen molar-refractivity contribution in [3.8, 4) is 0 Å². The van der Waals surface area contributed by atoms with Gasteiger partial charge in [-0.1, -0.05) is 75.3 Å². The van der Waals surface area contributed by atoms with Crippen molar-refractivity contribution in [1.29, 1.82) is 0 Å². The molecule has 38 heavy (non-hydrogen) atoms. The molecule has 3 atom stereocenters. The Morgan fingerprint density at radius 1 is 1.05 bits per heavy atom. The van der Waals surface area contributed by atoms with Crippen molar-refractivity contribution in [3.05, 3.63) is 76.4 Å². The van der Waals surface area contributed by atoms with Gasteiger partial charge in [-0.2, -0.15) is 0 Å². The zero-order valence-corrected chi connectivity index (χ0v) is 23.4. The molecule has 0 N–H and O–H groups in total. The molecular weight excluding hydrogens is 472 g/mol. The second kappa shape index (κ2) is 14.1. The van der Waals surface area contributed by atoms with Crippen molar-refractivity contribution in [2.24, 2.45) is 17.8 Å². The van der Waals surface area contributed by atoms with Gasteiger partial charge in [-0.25, -0.2) is 0 Å². The van der Waals surface area contributed by atoms with Crippen LogP contribution in [0.5, 0.6) is 0 Å². The lowest BCUT2D eigenvalue weighted by Gasteiger charge is -2.32. The summed E-state index contributed by atoms with van der Waals surface area (Å²) in [6.07, 6.45) is 18.9. The van der Waals surface area contributed by atoms with Gasteiger partial charge in [0.15, 0.2) is 5.78 Å². The van der Waals surface area contributed by atoms with E-state index in [1.54, 1.807) is 0 Å². The topological polar surface area (TPSA) is 68.3 Å². The van der Waals surface area contributed by atoms with Crippen molar-refractivity contribution < 1.29 is 19.2 Å². The maximum Gasteiger partial charge on any atom is 0.163 e. The minimum absolute atomic E-state index is 0.00164. The second-order valence-electron chi connectivity index (χ2n) is 10.9. The number of carbonyl (C=O) groups excluding carboxylic acids is 4. The van der Waals surface area contributed by atoms with Gasteiger partial charge in [-0.15, -0.1) is 0 Å². The molecule has 3 unspecified atom stereocenters. The molecule has 3 rings (SSSR count). The van der Waals surface area contributed by atoms with Crippen LogP contribution in [0.25, 0.3) is 5.57 Å². The number of allylic oxidation sites excluding steroid dienone is 8. The molecule has 0 radical (unpaired) electrons. The Morgan fingerprint density at radius 3 is 2.45 bits per heavy atom. The fourth-order valence-corrected chi connectivity index (χ4v) is 6.23. The summed E-state index contributed by atoms with van der Waals surface area (Å²) in [5.41, 5.74) is 5.82. The summed E-state index contributed by atoms with van der Waals surface area (Å²) in [7, 11) is 0. The highest BCUT2D eigenvalue weighted by Crippen LogP contribution is 2.39. The molecule has 0 amide bonds. The molecule has 1 aromatic carbocycles. The fourth-order valence-electron chi connectivity index (χ4n) is 6.23. The molecule has 4 heteroatoms.